The molecule has 3 fully saturated rings. The molecule has 4 N–H and O–H groups in total. The van der Waals surface area contributed by atoms with Gasteiger partial charge in [-0.15, -0.1) is 0 Å². The zero-order chi connectivity index (χ0) is 24.3. The number of fused-ring (bicyclic) bond motifs is 1. The second-order valence-electron chi connectivity index (χ2n) is 8.46. The Morgan fingerprint density at radius 3 is 2.52 bits per heavy atom. The highest BCUT2D eigenvalue weighted by Gasteiger charge is 2.53. The van der Waals surface area contributed by atoms with E-state index in [1.807, 2.05) is 0 Å². The molecule has 184 valence electrons. The average Bonchev–Trinajstić information content (AvgIpc) is 3.40. The standard InChI is InChI=1S/C19H30N6O2.2CH2O2/c1-23-6-4-7-24(10-9-23)18(27)19-5-2-3-8-25(19)14-16(11-19)22-17(26)15-12-20-21-13-15;2*2-1-3/h12-13,16H,2-11,14H2,1H3,(H,20,21)(H,22,26);2*1H,(H,2,3)/t16-,19-;;/m0../s1. The van der Waals surface area contributed by atoms with E-state index in [9.17, 15) is 9.59 Å². The lowest BCUT2D eigenvalue weighted by molar-refractivity contribution is -0.145. The molecule has 0 aromatic carbocycles. The molecule has 0 saturated carbocycles. The second-order valence-corrected chi connectivity index (χ2v) is 8.46. The Morgan fingerprint density at radius 2 is 1.85 bits per heavy atom. The number of carboxylic acid groups (broad SMARTS) is 2. The lowest BCUT2D eigenvalue weighted by atomic mass is 9.84. The van der Waals surface area contributed by atoms with E-state index in [0.29, 0.717) is 12.0 Å². The first-order valence-corrected chi connectivity index (χ1v) is 11.1. The summed E-state index contributed by atoms with van der Waals surface area (Å²) in [4.78, 5) is 49.5. The van der Waals surface area contributed by atoms with Crippen LogP contribution in [0.2, 0.25) is 0 Å². The summed E-state index contributed by atoms with van der Waals surface area (Å²) >= 11 is 0. The van der Waals surface area contributed by atoms with Crippen LogP contribution >= 0.6 is 0 Å². The van der Waals surface area contributed by atoms with Crippen molar-refractivity contribution in [2.24, 2.45) is 0 Å². The lowest BCUT2D eigenvalue weighted by Gasteiger charge is -2.43. The SMILES string of the molecule is CN1CCCN(C(=O)[C@@]23CCCCN2C[C@@H](NC(=O)c2cn[nH]c2)C3)CC1.O=CO.O=CO. The highest BCUT2D eigenvalue weighted by molar-refractivity contribution is 5.94. The lowest BCUT2D eigenvalue weighted by Crippen LogP contribution is -2.59. The van der Waals surface area contributed by atoms with Crippen LogP contribution in [0.3, 0.4) is 0 Å². The second kappa shape index (κ2) is 12.9. The van der Waals surface area contributed by atoms with Crippen molar-refractivity contribution in [3.63, 3.8) is 0 Å². The van der Waals surface area contributed by atoms with Gasteiger partial charge in [0.05, 0.1) is 11.8 Å². The molecule has 33 heavy (non-hydrogen) atoms. The number of nitrogens with zero attached hydrogens (tertiary/aromatic N) is 4. The third kappa shape index (κ3) is 6.75. The van der Waals surface area contributed by atoms with Crippen LogP contribution in [0, 0.1) is 0 Å². The van der Waals surface area contributed by atoms with Crippen molar-refractivity contribution in [3.05, 3.63) is 18.0 Å². The molecule has 0 unspecified atom stereocenters. The van der Waals surface area contributed by atoms with Gasteiger partial charge >= 0.3 is 0 Å². The van der Waals surface area contributed by atoms with Crippen LogP contribution in [0.15, 0.2) is 12.4 Å². The van der Waals surface area contributed by atoms with E-state index in [1.165, 1.54) is 6.20 Å². The van der Waals surface area contributed by atoms with E-state index < -0.39 is 5.54 Å². The molecule has 1 aromatic rings. The van der Waals surface area contributed by atoms with E-state index in [4.69, 9.17) is 19.8 Å². The molecule has 3 saturated heterocycles. The number of nitrogens with one attached hydrogen (secondary N) is 2. The number of carbonyl (C=O) groups is 4. The predicted octanol–water partition coefficient (Wildman–Crippen LogP) is -0.298. The summed E-state index contributed by atoms with van der Waals surface area (Å²) in [5.41, 5.74) is 0.103. The first kappa shape index (κ1) is 26.3. The summed E-state index contributed by atoms with van der Waals surface area (Å²) in [6, 6.07) is 0.00380. The average molecular weight is 467 g/mol. The summed E-state index contributed by atoms with van der Waals surface area (Å²) in [6.45, 7) is 4.81. The van der Waals surface area contributed by atoms with E-state index in [2.05, 4.69) is 37.3 Å². The first-order chi connectivity index (χ1) is 15.9. The van der Waals surface area contributed by atoms with Crippen LogP contribution in [0.4, 0.5) is 0 Å². The minimum absolute atomic E-state index is 0.00380. The Bertz CT molecular complexity index is 769. The van der Waals surface area contributed by atoms with Gasteiger partial charge in [0, 0.05) is 38.4 Å². The third-order valence-electron chi connectivity index (χ3n) is 6.40. The van der Waals surface area contributed by atoms with E-state index >= 15 is 0 Å². The summed E-state index contributed by atoms with van der Waals surface area (Å²) in [6.07, 6.45) is 7.98. The van der Waals surface area contributed by atoms with Gasteiger partial charge in [-0.25, -0.2) is 0 Å². The topological polar surface area (TPSA) is 159 Å². The van der Waals surface area contributed by atoms with Gasteiger partial charge in [-0.3, -0.25) is 29.2 Å². The van der Waals surface area contributed by atoms with Crippen molar-refractivity contribution in [2.75, 3.05) is 46.3 Å². The van der Waals surface area contributed by atoms with Gasteiger partial charge in [0.2, 0.25) is 5.91 Å². The molecule has 0 bridgehead atoms. The molecule has 3 aliphatic heterocycles. The van der Waals surface area contributed by atoms with E-state index in [-0.39, 0.29) is 30.8 Å². The molecule has 0 radical (unpaired) electrons. The normalized spacial score (nSPS) is 25.2. The molecule has 4 rings (SSSR count). The minimum atomic E-state index is -0.435. The number of likely N-dealkylation sites (N-methyl/N-ethyl adjacent to an activating group) is 1. The van der Waals surface area contributed by atoms with Crippen LogP contribution in [0.25, 0.3) is 0 Å². The summed E-state index contributed by atoms with van der Waals surface area (Å²) < 4.78 is 0. The number of carbonyl (C=O) groups excluding carboxylic acids is 2. The maximum absolute atomic E-state index is 13.6. The number of amides is 2. The van der Waals surface area contributed by atoms with Crippen LogP contribution in [-0.2, 0) is 14.4 Å². The number of rotatable bonds is 3. The Morgan fingerprint density at radius 1 is 1.12 bits per heavy atom. The fraction of sp³-hybridized carbons (Fsp3) is 0.667. The number of hydrogen-bond acceptors (Lipinski definition) is 7. The van der Waals surface area contributed by atoms with Gasteiger partial charge in [0.1, 0.15) is 5.54 Å². The largest absolute Gasteiger partial charge is 0.483 e. The first-order valence-electron chi connectivity index (χ1n) is 11.1. The smallest absolute Gasteiger partial charge is 0.290 e. The number of aromatic nitrogens is 2. The summed E-state index contributed by atoms with van der Waals surface area (Å²) in [5.74, 6) is 0.158. The summed E-state index contributed by atoms with van der Waals surface area (Å²) in [5, 5.41) is 23.4. The van der Waals surface area contributed by atoms with Crippen LogP contribution in [-0.4, -0.2) is 118 Å². The van der Waals surface area contributed by atoms with Crippen LogP contribution in [0.5, 0.6) is 0 Å². The fourth-order valence-corrected chi connectivity index (χ4v) is 4.94. The Kier molecular flexibility index (Phi) is 10.3. The van der Waals surface area contributed by atoms with Crippen molar-refractivity contribution < 1.29 is 29.4 Å². The van der Waals surface area contributed by atoms with Crippen LogP contribution in [0.1, 0.15) is 42.5 Å². The zero-order valence-electron chi connectivity index (χ0n) is 19.0. The monoisotopic (exact) mass is 466 g/mol. The molecule has 12 heteroatoms. The quantitative estimate of drug-likeness (QED) is 0.439. The van der Waals surface area contributed by atoms with Gasteiger partial charge in [0.25, 0.3) is 18.9 Å². The number of H-pyrrole nitrogens is 1. The Hall–Kier alpha value is -2.99. The zero-order valence-corrected chi connectivity index (χ0v) is 19.0. The molecule has 1 aromatic heterocycles. The van der Waals surface area contributed by atoms with Gasteiger partial charge in [-0.05, 0) is 52.2 Å². The molecule has 2 atom stereocenters. The Labute approximate surface area is 192 Å². The van der Waals surface area contributed by atoms with Gasteiger partial charge in [-0.2, -0.15) is 5.10 Å². The van der Waals surface area contributed by atoms with Gasteiger partial charge < -0.3 is 25.3 Å². The highest BCUT2D eigenvalue weighted by Crippen LogP contribution is 2.39. The number of hydrogen-bond donors (Lipinski definition) is 4. The van der Waals surface area contributed by atoms with Crippen molar-refractivity contribution in [3.8, 4) is 0 Å². The van der Waals surface area contributed by atoms with Crippen molar-refractivity contribution in [1.29, 1.82) is 0 Å². The molecule has 0 spiro atoms. The summed E-state index contributed by atoms with van der Waals surface area (Å²) in [7, 11) is 2.12. The van der Waals surface area contributed by atoms with Crippen molar-refractivity contribution in [2.45, 2.75) is 43.7 Å². The molecular formula is C21H34N6O6. The molecular weight excluding hydrogens is 432 g/mol. The minimum Gasteiger partial charge on any atom is -0.483 e. The molecule has 3 aliphatic rings. The van der Waals surface area contributed by atoms with E-state index in [1.54, 1.807) is 6.20 Å². The van der Waals surface area contributed by atoms with Crippen molar-refractivity contribution in [1.82, 2.24) is 30.2 Å². The maximum Gasteiger partial charge on any atom is 0.290 e. The fourth-order valence-electron chi connectivity index (χ4n) is 4.94. The van der Waals surface area contributed by atoms with Crippen LogP contribution < -0.4 is 5.32 Å². The molecule has 2 amide bonds. The van der Waals surface area contributed by atoms with Gasteiger partial charge in [0.15, 0.2) is 0 Å². The number of piperidine rings is 1. The Balaban J connectivity index is 0.000000582. The van der Waals surface area contributed by atoms with Crippen molar-refractivity contribution >= 4 is 24.8 Å². The van der Waals surface area contributed by atoms with Gasteiger partial charge in [-0.1, -0.05) is 0 Å². The molecule has 12 nitrogen and oxygen atoms in total. The maximum atomic E-state index is 13.6. The van der Waals surface area contributed by atoms with E-state index in [0.717, 1.165) is 65.0 Å². The number of aromatic amines is 1. The highest BCUT2D eigenvalue weighted by atomic mass is 16.3. The predicted molar refractivity (Wildman–Crippen MR) is 119 cm³/mol. The molecule has 4 heterocycles. The molecule has 0 aliphatic carbocycles. The third-order valence-corrected chi connectivity index (χ3v) is 6.40.